The van der Waals surface area contributed by atoms with Crippen molar-refractivity contribution in [3.05, 3.63) is 64.8 Å². The Labute approximate surface area is 191 Å². The van der Waals surface area contributed by atoms with Gasteiger partial charge in [-0.15, -0.1) is 0 Å². The highest BCUT2D eigenvalue weighted by molar-refractivity contribution is 7.92. The summed E-state index contributed by atoms with van der Waals surface area (Å²) in [4.78, 5) is 17.8. The Morgan fingerprint density at radius 3 is 2.41 bits per heavy atom. The molecule has 2 aromatic heterocycles. The van der Waals surface area contributed by atoms with Gasteiger partial charge >= 0.3 is 0 Å². The summed E-state index contributed by atoms with van der Waals surface area (Å²) in [7, 11) is -3.39. The second-order valence-corrected chi connectivity index (χ2v) is 11.6. The average molecular weight is 469 g/mol. The van der Waals surface area contributed by atoms with Crippen LogP contribution in [-0.4, -0.2) is 34.3 Å². The Morgan fingerprint density at radius 1 is 1.06 bits per heavy atom. The molecule has 0 saturated heterocycles. The number of amides is 1. The number of carbonyl (C=O) groups is 1. The number of carbonyl (C=O) groups excluding carboxylic acids is 1. The molecule has 0 atom stereocenters. The maximum atomic E-state index is 12.9. The van der Waals surface area contributed by atoms with Gasteiger partial charge in [0.2, 0.25) is 5.13 Å². The second-order valence-electron chi connectivity index (χ2n) is 8.08. The number of aryl methyl sites for hydroxylation is 3. The molecule has 0 aliphatic rings. The van der Waals surface area contributed by atoms with Gasteiger partial charge in [-0.1, -0.05) is 17.4 Å². The fourth-order valence-corrected chi connectivity index (χ4v) is 5.61. The van der Waals surface area contributed by atoms with Crippen LogP contribution in [-0.2, 0) is 9.84 Å². The lowest BCUT2D eigenvalue weighted by Gasteiger charge is -2.09. The fourth-order valence-electron chi connectivity index (χ4n) is 3.44. The lowest BCUT2D eigenvalue weighted by atomic mass is 10.1. The van der Waals surface area contributed by atoms with Crippen molar-refractivity contribution in [1.29, 1.82) is 0 Å². The average Bonchev–Trinajstić information content (AvgIpc) is 3.31. The summed E-state index contributed by atoms with van der Waals surface area (Å²) in [5.41, 5.74) is 4.27. The molecule has 166 valence electrons. The molecule has 0 fully saturated rings. The molecule has 9 heteroatoms. The Balaban J connectivity index is 1.64. The van der Waals surface area contributed by atoms with Gasteiger partial charge in [0, 0.05) is 11.6 Å². The van der Waals surface area contributed by atoms with Gasteiger partial charge in [-0.25, -0.2) is 13.4 Å². The SMILES string of the molecule is Cc1cc(C)c2nc(-n3nc(C)cc3NC(=O)c3ccc(S(=O)(=O)C(C)C)cc3)sc2c1. The van der Waals surface area contributed by atoms with Gasteiger partial charge in [-0.05, 0) is 76.1 Å². The van der Waals surface area contributed by atoms with E-state index in [0.29, 0.717) is 16.5 Å². The van der Waals surface area contributed by atoms with E-state index in [1.807, 2.05) is 20.8 Å². The molecule has 2 aromatic carbocycles. The molecule has 0 bridgehead atoms. The lowest BCUT2D eigenvalue weighted by Crippen LogP contribution is -2.16. The molecule has 1 amide bonds. The summed E-state index contributed by atoms with van der Waals surface area (Å²) in [6, 6.07) is 11.9. The largest absolute Gasteiger partial charge is 0.306 e. The number of anilines is 1. The molecular formula is C23H24N4O3S2. The molecule has 4 aromatic rings. The first kappa shape index (κ1) is 22.2. The molecule has 4 rings (SSSR count). The van der Waals surface area contributed by atoms with Crippen molar-refractivity contribution in [2.45, 2.75) is 44.8 Å². The Kier molecular flexibility index (Phi) is 5.64. The zero-order chi connectivity index (χ0) is 23.2. The third-order valence-electron chi connectivity index (χ3n) is 5.14. The van der Waals surface area contributed by atoms with Crippen LogP contribution in [0, 0.1) is 20.8 Å². The number of nitrogens with zero attached hydrogens (tertiary/aromatic N) is 3. The maximum Gasteiger partial charge on any atom is 0.256 e. The van der Waals surface area contributed by atoms with Gasteiger partial charge in [0.15, 0.2) is 9.84 Å². The molecular weight excluding hydrogens is 444 g/mol. The van der Waals surface area contributed by atoms with Crippen LogP contribution in [0.5, 0.6) is 0 Å². The number of fused-ring (bicyclic) bond motifs is 1. The van der Waals surface area contributed by atoms with Crippen LogP contribution in [0.3, 0.4) is 0 Å². The number of hydrogen-bond donors (Lipinski definition) is 1. The van der Waals surface area contributed by atoms with E-state index < -0.39 is 15.1 Å². The van der Waals surface area contributed by atoms with Crippen LogP contribution in [0.15, 0.2) is 47.4 Å². The molecule has 0 unspecified atom stereocenters. The van der Waals surface area contributed by atoms with Crippen LogP contribution in [0.4, 0.5) is 5.82 Å². The number of benzene rings is 2. The number of thiazole rings is 1. The molecule has 7 nitrogen and oxygen atoms in total. The Bertz CT molecular complexity index is 1430. The zero-order valence-electron chi connectivity index (χ0n) is 18.5. The van der Waals surface area contributed by atoms with Crippen LogP contribution < -0.4 is 5.32 Å². The number of aromatic nitrogens is 3. The zero-order valence-corrected chi connectivity index (χ0v) is 20.1. The molecule has 1 N–H and O–H groups in total. The minimum Gasteiger partial charge on any atom is -0.306 e. The smallest absolute Gasteiger partial charge is 0.256 e. The van der Waals surface area contributed by atoms with Crippen molar-refractivity contribution >= 4 is 43.1 Å². The summed E-state index contributed by atoms with van der Waals surface area (Å²) in [5, 5.41) is 7.52. The van der Waals surface area contributed by atoms with E-state index in [1.165, 1.54) is 41.2 Å². The molecule has 32 heavy (non-hydrogen) atoms. The fraction of sp³-hybridized carbons (Fsp3) is 0.261. The topological polar surface area (TPSA) is 93.9 Å². The van der Waals surface area contributed by atoms with Gasteiger partial charge in [0.25, 0.3) is 5.91 Å². The van der Waals surface area contributed by atoms with Gasteiger partial charge < -0.3 is 5.32 Å². The minimum absolute atomic E-state index is 0.199. The van der Waals surface area contributed by atoms with E-state index >= 15 is 0 Å². The van der Waals surface area contributed by atoms with Crippen molar-refractivity contribution in [3.63, 3.8) is 0 Å². The van der Waals surface area contributed by atoms with Gasteiger partial charge in [0.1, 0.15) is 5.82 Å². The third-order valence-corrected chi connectivity index (χ3v) is 8.29. The molecule has 0 aliphatic carbocycles. The monoisotopic (exact) mass is 468 g/mol. The van der Waals surface area contributed by atoms with Crippen LogP contribution in [0.1, 0.15) is 41.0 Å². The first-order valence-electron chi connectivity index (χ1n) is 10.2. The van der Waals surface area contributed by atoms with E-state index in [1.54, 1.807) is 24.6 Å². The van der Waals surface area contributed by atoms with Crippen molar-refractivity contribution in [1.82, 2.24) is 14.8 Å². The number of rotatable bonds is 5. The summed E-state index contributed by atoms with van der Waals surface area (Å²) in [6.45, 7) is 9.18. The summed E-state index contributed by atoms with van der Waals surface area (Å²) < 4.78 is 27.3. The van der Waals surface area contributed by atoms with E-state index in [0.717, 1.165) is 21.5 Å². The third kappa shape index (κ3) is 4.05. The normalized spacial score (nSPS) is 11.9. The second kappa shape index (κ2) is 8.14. The molecule has 0 saturated carbocycles. The quantitative estimate of drug-likeness (QED) is 0.452. The van der Waals surface area contributed by atoms with Crippen LogP contribution >= 0.6 is 11.3 Å². The predicted molar refractivity (Wildman–Crippen MR) is 128 cm³/mol. The molecule has 0 spiro atoms. The first-order chi connectivity index (χ1) is 15.1. The first-order valence-corrected chi connectivity index (χ1v) is 12.5. The Hall–Kier alpha value is -3.04. The maximum absolute atomic E-state index is 12.9. The van der Waals surface area contributed by atoms with Crippen molar-refractivity contribution in [3.8, 4) is 5.13 Å². The Morgan fingerprint density at radius 2 is 1.75 bits per heavy atom. The molecule has 2 heterocycles. The van der Waals surface area contributed by atoms with Crippen LogP contribution in [0.25, 0.3) is 15.3 Å². The van der Waals surface area contributed by atoms with Crippen LogP contribution in [0.2, 0.25) is 0 Å². The highest BCUT2D eigenvalue weighted by atomic mass is 32.2. The highest BCUT2D eigenvalue weighted by Crippen LogP contribution is 2.30. The predicted octanol–water partition coefficient (Wildman–Crippen LogP) is 4.84. The summed E-state index contributed by atoms with van der Waals surface area (Å²) >= 11 is 1.51. The van der Waals surface area contributed by atoms with Crippen molar-refractivity contribution in [2.24, 2.45) is 0 Å². The van der Waals surface area contributed by atoms with Gasteiger partial charge in [-0.3, -0.25) is 4.79 Å². The van der Waals surface area contributed by atoms with E-state index in [-0.39, 0.29) is 10.8 Å². The van der Waals surface area contributed by atoms with Gasteiger partial charge in [-0.2, -0.15) is 9.78 Å². The lowest BCUT2D eigenvalue weighted by molar-refractivity contribution is 0.102. The summed E-state index contributed by atoms with van der Waals surface area (Å²) in [6.07, 6.45) is 0. The van der Waals surface area contributed by atoms with E-state index in [2.05, 4.69) is 22.5 Å². The highest BCUT2D eigenvalue weighted by Gasteiger charge is 2.20. The van der Waals surface area contributed by atoms with Crippen molar-refractivity contribution in [2.75, 3.05) is 5.32 Å². The van der Waals surface area contributed by atoms with E-state index in [4.69, 9.17) is 4.98 Å². The number of nitrogens with one attached hydrogen (secondary N) is 1. The van der Waals surface area contributed by atoms with Crippen molar-refractivity contribution < 1.29 is 13.2 Å². The minimum atomic E-state index is -3.39. The molecule has 0 aliphatic heterocycles. The summed E-state index contributed by atoms with van der Waals surface area (Å²) in [5.74, 6) is 0.146. The number of hydrogen-bond acceptors (Lipinski definition) is 6. The molecule has 0 radical (unpaired) electrons. The standard InChI is InChI=1S/C23H24N4O3S2/c1-13(2)32(29,30)18-8-6-17(7-9-18)22(28)24-20-12-16(5)26-27(20)23-25-21-15(4)10-14(3)11-19(21)31-23/h6-13H,1-5H3,(H,24,28). The van der Waals surface area contributed by atoms with E-state index in [9.17, 15) is 13.2 Å². The number of sulfone groups is 1. The van der Waals surface area contributed by atoms with Gasteiger partial charge in [0.05, 0.1) is 26.1 Å².